The van der Waals surface area contributed by atoms with Gasteiger partial charge in [0.1, 0.15) is 5.75 Å². The topological polar surface area (TPSA) is 20.2 Å². The molecule has 0 atom stereocenters. The fourth-order valence-corrected chi connectivity index (χ4v) is 1.53. The number of rotatable bonds is 3. The molecule has 0 aliphatic carbocycles. The normalized spacial score (nSPS) is 10.8. The fourth-order valence-electron chi connectivity index (χ4n) is 1.53. The van der Waals surface area contributed by atoms with E-state index in [2.05, 4.69) is 24.3 Å². The maximum Gasteiger partial charge on any atom is 0.115 e. The van der Waals surface area contributed by atoms with Gasteiger partial charge in [0.2, 0.25) is 0 Å². The Hall–Kier alpha value is -2.02. The molecule has 80 valence electrons. The van der Waals surface area contributed by atoms with Crippen molar-refractivity contribution in [1.29, 1.82) is 0 Å². The zero-order chi connectivity index (χ0) is 11.2. The molecule has 0 unspecified atom stereocenters. The Morgan fingerprint density at radius 1 is 0.875 bits per heavy atom. The van der Waals surface area contributed by atoms with Gasteiger partial charge in [0.05, 0.1) is 0 Å². The summed E-state index contributed by atoms with van der Waals surface area (Å²) >= 11 is 0. The van der Waals surface area contributed by atoms with E-state index in [1.54, 1.807) is 12.1 Å². The highest BCUT2D eigenvalue weighted by Crippen LogP contribution is 2.11. The minimum absolute atomic E-state index is 0.306. The largest absolute Gasteiger partial charge is 0.508 e. The van der Waals surface area contributed by atoms with Crippen LogP contribution in [0.2, 0.25) is 0 Å². The fraction of sp³-hybridized carbons (Fsp3) is 0.0667. The molecular formula is C15H14O. The van der Waals surface area contributed by atoms with Crippen molar-refractivity contribution in [2.45, 2.75) is 6.42 Å². The summed E-state index contributed by atoms with van der Waals surface area (Å²) in [5, 5.41) is 9.14. The summed E-state index contributed by atoms with van der Waals surface area (Å²) in [6.45, 7) is 0. The molecule has 16 heavy (non-hydrogen) atoms. The summed E-state index contributed by atoms with van der Waals surface area (Å²) in [6, 6.07) is 17.5. The number of hydrogen-bond donors (Lipinski definition) is 1. The number of phenolic OH excluding ortho intramolecular Hbond substituents is 1. The van der Waals surface area contributed by atoms with Crippen molar-refractivity contribution in [2.24, 2.45) is 0 Å². The van der Waals surface area contributed by atoms with E-state index in [-0.39, 0.29) is 0 Å². The van der Waals surface area contributed by atoms with Gasteiger partial charge in [-0.3, -0.25) is 0 Å². The molecule has 0 radical (unpaired) electrons. The first-order valence-corrected chi connectivity index (χ1v) is 5.34. The molecule has 0 spiro atoms. The van der Waals surface area contributed by atoms with Gasteiger partial charge in [0, 0.05) is 0 Å². The molecular weight excluding hydrogens is 196 g/mol. The first-order chi connectivity index (χ1) is 7.84. The van der Waals surface area contributed by atoms with Gasteiger partial charge in [-0.05, 0) is 29.7 Å². The Balaban J connectivity index is 1.98. The lowest BCUT2D eigenvalue weighted by atomic mass is 10.1. The zero-order valence-corrected chi connectivity index (χ0v) is 9.01. The second-order valence-corrected chi connectivity index (χ2v) is 3.68. The van der Waals surface area contributed by atoms with Crippen LogP contribution in [-0.2, 0) is 6.42 Å². The Morgan fingerprint density at radius 3 is 2.25 bits per heavy atom. The van der Waals surface area contributed by atoms with E-state index in [0.717, 1.165) is 12.0 Å². The third-order valence-corrected chi connectivity index (χ3v) is 2.40. The van der Waals surface area contributed by atoms with E-state index in [0.29, 0.717) is 5.75 Å². The highest BCUT2D eigenvalue weighted by molar-refractivity contribution is 5.50. The molecule has 0 saturated carbocycles. The molecule has 1 nitrogen and oxygen atoms in total. The van der Waals surface area contributed by atoms with Gasteiger partial charge >= 0.3 is 0 Å². The van der Waals surface area contributed by atoms with Gasteiger partial charge in [-0.15, -0.1) is 0 Å². The summed E-state index contributed by atoms with van der Waals surface area (Å²) in [5.41, 5.74) is 2.41. The van der Waals surface area contributed by atoms with Crippen LogP contribution in [0, 0.1) is 0 Å². The van der Waals surface area contributed by atoms with Gasteiger partial charge in [-0.25, -0.2) is 0 Å². The number of phenols is 1. The average molecular weight is 210 g/mol. The van der Waals surface area contributed by atoms with Crippen molar-refractivity contribution < 1.29 is 5.11 Å². The van der Waals surface area contributed by atoms with Crippen LogP contribution < -0.4 is 0 Å². The number of aromatic hydroxyl groups is 1. The Bertz CT molecular complexity index is 455. The van der Waals surface area contributed by atoms with Crippen molar-refractivity contribution in [3.8, 4) is 5.75 Å². The van der Waals surface area contributed by atoms with Crippen LogP contribution in [0.4, 0.5) is 0 Å². The summed E-state index contributed by atoms with van der Waals surface area (Å²) in [5.74, 6) is 0.306. The first kappa shape index (κ1) is 10.5. The van der Waals surface area contributed by atoms with Crippen LogP contribution in [0.5, 0.6) is 5.75 Å². The van der Waals surface area contributed by atoms with Gasteiger partial charge in [0.25, 0.3) is 0 Å². The lowest BCUT2D eigenvalue weighted by molar-refractivity contribution is 0.475. The summed E-state index contributed by atoms with van der Waals surface area (Å²) in [7, 11) is 0. The monoisotopic (exact) mass is 210 g/mol. The molecule has 2 aromatic carbocycles. The van der Waals surface area contributed by atoms with Gasteiger partial charge in [-0.1, -0.05) is 54.6 Å². The quantitative estimate of drug-likeness (QED) is 0.819. The summed E-state index contributed by atoms with van der Waals surface area (Å²) < 4.78 is 0. The minimum atomic E-state index is 0.306. The highest BCUT2D eigenvalue weighted by atomic mass is 16.3. The second-order valence-electron chi connectivity index (χ2n) is 3.68. The highest BCUT2D eigenvalue weighted by Gasteiger charge is 1.89. The van der Waals surface area contributed by atoms with Crippen molar-refractivity contribution in [3.63, 3.8) is 0 Å². The molecule has 2 rings (SSSR count). The van der Waals surface area contributed by atoms with Crippen LogP contribution in [0.15, 0.2) is 60.7 Å². The number of benzene rings is 2. The van der Waals surface area contributed by atoms with E-state index >= 15 is 0 Å². The smallest absolute Gasteiger partial charge is 0.115 e. The Morgan fingerprint density at radius 2 is 1.56 bits per heavy atom. The summed E-state index contributed by atoms with van der Waals surface area (Å²) in [6.07, 6.45) is 5.12. The predicted molar refractivity (Wildman–Crippen MR) is 67.3 cm³/mol. The average Bonchev–Trinajstić information content (AvgIpc) is 2.33. The molecule has 0 amide bonds. The van der Waals surface area contributed by atoms with E-state index in [1.165, 1.54) is 5.56 Å². The molecule has 0 fully saturated rings. The third-order valence-electron chi connectivity index (χ3n) is 2.40. The molecule has 0 aliphatic rings. The van der Waals surface area contributed by atoms with Crippen molar-refractivity contribution >= 4 is 6.08 Å². The van der Waals surface area contributed by atoms with Gasteiger partial charge < -0.3 is 5.11 Å². The third kappa shape index (κ3) is 2.99. The minimum Gasteiger partial charge on any atom is -0.508 e. The lowest BCUT2D eigenvalue weighted by Crippen LogP contribution is -1.78. The Kier molecular flexibility index (Phi) is 3.39. The standard InChI is InChI=1S/C15H14O/c16-15-11-9-14(10-12-15)8-4-7-13-5-2-1-3-6-13/h1-6,8-12,16H,7H2/b8-4+. The SMILES string of the molecule is Oc1ccc(/C=C/Cc2ccccc2)cc1. The second kappa shape index (κ2) is 5.17. The van der Waals surface area contributed by atoms with Gasteiger partial charge in [0.15, 0.2) is 0 Å². The van der Waals surface area contributed by atoms with Crippen LogP contribution in [0.25, 0.3) is 6.08 Å². The number of allylic oxidation sites excluding steroid dienone is 1. The lowest BCUT2D eigenvalue weighted by Gasteiger charge is -1.96. The van der Waals surface area contributed by atoms with E-state index in [1.807, 2.05) is 30.3 Å². The van der Waals surface area contributed by atoms with Gasteiger partial charge in [-0.2, -0.15) is 0 Å². The van der Waals surface area contributed by atoms with E-state index in [4.69, 9.17) is 5.11 Å². The van der Waals surface area contributed by atoms with Crippen LogP contribution in [-0.4, -0.2) is 5.11 Å². The van der Waals surface area contributed by atoms with Crippen LogP contribution in [0.1, 0.15) is 11.1 Å². The van der Waals surface area contributed by atoms with E-state index < -0.39 is 0 Å². The van der Waals surface area contributed by atoms with Crippen LogP contribution in [0.3, 0.4) is 0 Å². The van der Waals surface area contributed by atoms with Crippen molar-refractivity contribution in [1.82, 2.24) is 0 Å². The molecule has 1 N–H and O–H groups in total. The maximum absolute atomic E-state index is 9.14. The molecule has 2 aromatic rings. The van der Waals surface area contributed by atoms with Crippen molar-refractivity contribution in [3.05, 3.63) is 71.8 Å². The maximum atomic E-state index is 9.14. The molecule has 0 aromatic heterocycles. The molecule has 0 heterocycles. The molecule has 0 aliphatic heterocycles. The van der Waals surface area contributed by atoms with Crippen molar-refractivity contribution in [2.75, 3.05) is 0 Å². The molecule has 0 bridgehead atoms. The van der Waals surface area contributed by atoms with E-state index in [9.17, 15) is 0 Å². The zero-order valence-electron chi connectivity index (χ0n) is 9.01. The molecule has 1 heteroatoms. The number of hydrogen-bond acceptors (Lipinski definition) is 1. The Labute approximate surface area is 95.7 Å². The molecule has 0 saturated heterocycles. The first-order valence-electron chi connectivity index (χ1n) is 5.34. The predicted octanol–water partition coefficient (Wildman–Crippen LogP) is 3.65. The van der Waals surface area contributed by atoms with Crippen LogP contribution >= 0.6 is 0 Å². The summed E-state index contributed by atoms with van der Waals surface area (Å²) in [4.78, 5) is 0.